The summed E-state index contributed by atoms with van der Waals surface area (Å²) in [7, 11) is 3.20. The third kappa shape index (κ3) is 2.93. The number of hydrogen-bond donors (Lipinski definition) is 1. The molecule has 2 aromatic rings. The summed E-state index contributed by atoms with van der Waals surface area (Å²) in [5, 5.41) is 3.45. The molecule has 20 heavy (non-hydrogen) atoms. The fourth-order valence-corrected chi connectivity index (χ4v) is 1.90. The summed E-state index contributed by atoms with van der Waals surface area (Å²) in [5.74, 6) is 1.85. The summed E-state index contributed by atoms with van der Waals surface area (Å²) in [6.45, 7) is 3.75. The number of benzene rings is 1. The van der Waals surface area contributed by atoms with Crippen LogP contribution >= 0.6 is 11.6 Å². The molecule has 0 amide bonds. The molecule has 0 aliphatic heterocycles. The standard InChI is InChI=1S/C14H16ClN3O2/c1-8-9(2)17-14(13(15)16-8)18-11-6-5-10(19-3)7-12(11)20-4/h5-7H,1-4H3,(H,17,18). The van der Waals surface area contributed by atoms with Gasteiger partial charge in [0.25, 0.3) is 0 Å². The lowest BCUT2D eigenvalue weighted by Gasteiger charge is -2.13. The molecule has 1 N–H and O–H groups in total. The molecule has 0 spiro atoms. The molecule has 2 rings (SSSR count). The highest BCUT2D eigenvalue weighted by Crippen LogP contribution is 2.32. The van der Waals surface area contributed by atoms with Crippen molar-refractivity contribution in [2.75, 3.05) is 19.5 Å². The van der Waals surface area contributed by atoms with Gasteiger partial charge in [-0.2, -0.15) is 0 Å². The molecule has 0 radical (unpaired) electrons. The highest BCUT2D eigenvalue weighted by atomic mass is 35.5. The Labute approximate surface area is 122 Å². The van der Waals surface area contributed by atoms with E-state index in [2.05, 4.69) is 15.3 Å². The zero-order valence-electron chi connectivity index (χ0n) is 11.8. The van der Waals surface area contributed by atoms with E-state index < -0.39 is 0 Å². The van der Waals surface area contributed by atoms with Crippen molar-refractivity contribution >= 4 is 23.1 Å². The first-order valence-corrected chi connectivity index (χ1v) is 6.42. The summed E-state index contributed by atoms with van der Waals surface area (Å²) >= 11 is 6.10. The lowest BCUT2D eigenvalue weighted by atomic mass is 10.2. The highest BCUT2D eigenvalue weighted by molar-refractivity contribution is 6.31. The van der Waals surface area contributed by atoms with Crippen molar-refractivity contribution in [3.63, 3.8) is 0 Å². The molecule has 0 fully saturated rings. The third-order valence-electron chi connectivity index (χ3n) is 2.93. The van der Waals surface area contributed by atoms with Gasteiger partial charge in [-0.1, -0.05) is 11.6 Å². The average molecular weight is 294 g/mol. The molecule has 0 aliphatic carbocycles. The molecule has 5 nitrogen and oxygen atoms in total. The van der Waals surface area contributed by atoms with E-state index in [1.54, 1.807) is 20.3 Å². The minimum Gasteiger partial charge on any atom is -0.497 e. The lowest BCUT2D eigenvalue weighted by Crippen LogP contribution is -2.02. The zero-order chi connectivity index (χ0) is 14.7. The maximum atomic E-state index is 6.10. The summed E-state index contributed by atoms with van der Waals surface area (Å²) in [4.78, 5) is 8.63. The van der Waals surface area contributed by atoms with E-state index >= 15 is 0 Å². The van der Waals surface area contributed by atoms with Crippen molar-refractivity contribution in [3.8, 4) is 11.5 Å². The SMILES string of the molecule is COc1ccc(Nc2nc(C)c(C)nc2Cl)c(OC)c1. The molecule has 0 unspecified atom stereocenters. The van der Waals surface area contributed by atoms with Crippen LogP contribution < -0.4 is 14.8 Å². The normalized spacial score (nSPS) is 10.2. The van der Waals surface area contributed by atoms with Crippen molar-refractivity contribution in [3.05, 3.63) is 34.7 Å². The Morgan fingerprint density at radius 2 is 1.75 bits per heavy atom. The second kappa shape index (κ2) is 5.96. The molecule has 0 atom stereocenters. The number of halogens is 1. The van der Waals surface area contributed by atoms with Crippen molar-refractivity contribution < 1.29 is 9.47 Å². The Morgan fingerprint density at radius 3 is 2.40 bits per heavy atom. The van der Waals surface area contributed by atoms with Crippen LogP contribution in [-0.2, 0) is 0 Å². The van der Waals surface area contributed by atoms with Gasteiger partial charge in [0, 0.05) is 6.07 Å². The monoisotopic (exact) mass is 293 g/mol. The predicted molar refractivity (Wildman–Crippen MR) is 79.3 cm³/mol. The third-order valence-corrected chi connectivity index (χ3v) is 3.19. The number of hydrogen-bond acceptors (Lipinski definition) is 5. The smallest absolute Gasteiger partial charge is 0.172 e. The van der Waals surface area contributed by atoms with Crippen LogP contribution in [0.5, 0.6) is 11.5 Å². The molecule has 1 aromatic carbocycles. The summed E-state index contributed by atoms with van der Waals surface area (Å²) in [5.41, 5.74) is 2.37. The van der Waals surface area contributed by atoms with E-state index in [1.165, 1.54) is 0 Å². The number of aromatic nitrogens is 2. The van der Waals surface area contributed by atoms with Crippen LogP contribution in [0, 0.1) is 13.8 Å². The first-order chi connectivity index (χ1) is 9.55. The van der Waals surface area contributed by atoms with Gasteiger partial charge in [0.1, 0.15) is 11.5 Å². The summed E-state index contributed by atoms with van der Waals surface area (Å²) in [6, 6.07) is 5.45. The minimum absolute atomic E-state index is 0.325. The number of aryl methyl sites for hydroxylation is 2. The van der Waals surface area contributed by atoms with Crippen LogP contribution in [0.2, 0.25) is 5.15 Å². The molecule has 0 saturated carbocycles. The van der Waals surface area contributed by atoms with E-state index in [4.69, 9.17) is 21.1 Å². The fourth-order valence-electron chi connectivity index (χ4n) is 1.68. The molecule has 0 saturated heterocycles. The van der Waals surface area contributed by atoms with Crippen LogP contribution in [0.4, 0.5) is 11.5 Å². The molecule has 0 bridgehead atoms. The van der Waals surface area contributed by atoms with Crippen LogP contribution in [-0.4, -0.2) is 24.2 Å². The van der Waals surface area contributed by atoms with Crippen LogP contribution in [0.3, 0.4) is 0 Å². The largest absolute Gasteiger partial charge is 0.497 e. The quantitative estimate of drug-likeness (QED) is 0.935. The Balaban J connectivity index is 2.37. The van der Waals surface area contributed by atoms with Gasteiger partial charge in [-0.15, -0.1) is 0 Å². The van der Waals surface area contributed by atoms with Crippen molar-refractivity contribution in [2.45, 2.75) is 13.8 Å². The number of nitrogens with zero attached hydrogens (tertiary/aromatic N) is 2. The number of rotatable bonds is 4. The topological polar surface area (TPSA) is 56.3 Å². The van der Waals surface area contributed by atoms with Gasteiger partial charge in [0.2, 0.25) is 0 Å². The Hall–Kier alpha value is -2.01. The van der Waals surface area contributed by atoms with Crippen LogP contribution in [0.15, 0.2) is 18.2 Å². The first-order valence-electron chi connectivity index (χ1n) is 6.05. The molecule has 6 heteroatoms. The Morgan fingerprint density at radius 1 is 1.05 bits per heavy atom. The number of anilines is 2. The van der Waals surface area contributed by atoms with Crippen LogP contribution in [0.1, 0.15) is 11.4 Å². The zero-order valence-corrected chi connectivity index (χ0v) is 12.6. The highest BCUT2D eigenvalue weighted by Gasteiger charge is 2.11. The van der Waals surface area contributed by atoms with Gasteiger partial charge < -0.3 is 14.8 Å². The second-order valence-corrected chi connectivity index (χ2v) is 4.58. The van der Waals surface area contributed by atoms with Crippen molar-refractivity contribution in [1.29, 1.82) is 0 Å². The van der Waals surface area contributed by atoms with Gasteiger partial charge >= 0.3 is 0 Å². The van der Waals surface area contributed by atoms with Gasteiger partial charge in [0.15, 0.2) is 11.0 Å². The predicted octanol–water partition coefficient (Wildman–Crippen LogP) is 3.51. The van der Waals surface area contributed by atoms with E-state index in [0.29, 0.717) is 22.5 Å². The van der Waals surface area contributed by atoms with Gasteiger partial charge in [-0.25, -0.2) is 9.97 Å². The van der Waals surface area contributed by atoms with E-state index in [-0.39, 0.29) is 0 Å². The van der Waals surface area contributed by atoms with Crippen molar-refractivity contribution in [1.82, 2.24) is 9.97 Å². The summed E-state index contributed by atoms with van der Waals surface area (Å²) in [6.07, 6.45) is 0. The molecular formula is C14H16ClN3O2. The number of ether oxygens (including phenoxy) is 2. The number of nitrogens with one attached hydrogen (secondary N) is 1. The molecule has 1 aromatic heterocycles. The average Bonchev–Trinajstić information content (AvgIpc) is 2.45. The van der Waals surface area contributed by atoms with Crippen LogP contribution in [0.25, 0.3) is 0 Å². The van der Waals surface area contributed by atoms with Gasteiger partial charge in [0.05, 0.1) is 31.3 Å². The molecule has 0 aliphatic rings. The van der Waals surface area contributed by atoms with E-state index in [1.807, 2.05) is 26.0 Å². The number of methoxy groups -OCH3 is 2. The van der Waals surface area contributed by atoms with E-state index in [9.17, 15) is 0 Å². The van der Waals surface area contributed by atoms with Gasteiger partial charge in [-0.05, 0) is 26.0 Å². The fraction of sp³-hybridized carbons (Fsp3) is 0.286. The Kier molecular flexibility index (Phi) is 4.29. The van der Waals surface area contributed by atoms with Gasteiger partial charge in [-0.3, -0.25) is 0 Å². The first kappa shape index (κ1) is 14.4. The minimum atomic E-state index is 0.325. The maximum absolute atomic E-state index is 6.10. The molecular weight excluding hydrogens is 278 g/mol. The molecule has 106 valence electrons. The summed E-state index contributed by atoms with van der Waals surface area (Å²) < 4.78 is 10.5. The van der Waals surface area contributed by atoms with Crippen molar-refractivity contribution in [2.24, 2.45) is 0 Å². The lowest BCUT2D eigenvalue weighted by molar-refractivity contribution is 0.395. The Bertz CT molecular complexity index is 632. The second-order valence-electron chi connectivity index (χ2n) is 4.23. The van der Waals surface area contributed by atoms with E-state index in [0.717, 1.165) is 17.1 Å². The maximum Gasteiger partial charge on any atom is 0.172 e. The molecule has 1 heterocycles.